The molecular weight excluding hydrogens is 253 g/mol. The molecule has 1 aromatic rings. The van der Waals surface area contributed by atoms with Gasteiger partial charge in [0.05, 0.1) is 6.10 Å². The monoisotopic (exact) mass is 263 g/mol. The summed E-state index contributed by atoms with van der Waals surface area (Å²) in [5.41, 5.74) is 7.02. The number of aliphatic hydroxyl groups excluding tert-OH is 1. The standard InChI is InChI=1S/C9H11BrClNO/c1-5-7(9(13)4-12)2-6(10)3-8(5)11/h2-3,9,13H,4,12H2,1H3. The van der Waals surface area contributed by atoms with Crippen LogP contribution in [0.4, 0.5) is 0 Å². The van der Waals surface area contributed by atoms with E-state index in [1.165, 1.54) is 0 Å². The SMILES string of the molecule is Cc1c(Cl)cc(Br)cc1C(O)CN. The maximum Gasteiger partial charge on any atom is 0.0915 e. The van der Waals surface area contributed by atoms with Crippen molar-refractivity contribution in [3.63, 3.8) is 0 Å². The Labute approximate surface area is 90.8 Å². The van der Waals surface area contributed by atoms with Gasteiger partial charge in [-0.3, -0.25) is 0 Å². The van der Waals surface area contributed by atoms with Crippen LogP contribution < -0.4 is 5.73 Å². The summed E-state index contributed by atoms with van der Waals surface area (Å²) in [5.74, 6) is 0. The van der Waals surface area contributed by atoms with Gasteiger partial charge in [-0.15, -0.1) is 0 Å². The van der Waals surface area contributed by atoms with Crippen molar-refractivity contribution in [2.24, 2.45) is 5.73 Å². The summed E-state index contributed by atoms with van der Waals surface area (Å²) < 4.78 is 0.852. The summed E-state index contributed by atoms with van der Waals surface area (Å²) in [6, 6.07) is 3.63. The summed E-state index contributed by atoms with van der Waals surface area (Å²) in [6.07, 6.45) is -0.644. The molecule has 3 N–H and O–H groups in total. The quantitative estimate of drug-likeness (QED) is 0.862. The van der Waals surface area contributed by atoms with Crippen LogP contribution in [0.25, 0.3) is 0 Å². The van der Waals surface area contributed by atoms with E-state index < -0.39 is 6.10 Å². The largest absolute Gasteiger partial charge is 0.387 e. The second kappa shape index (κ2) is 4.42. The van der Waals surface area contributed by atoms with E-state index in [4.69, 9.17) is 17.3 Å². The fourth-order valence-electron chi connectivity index (χ4n) is 1.14. The Morgan fingerprint density at radius 1 is 1.62 bits per heavy atom. The van der Waals surface area contributed by atoms with E-state index in [1.54, 1.807) is 6.07 Å². The minimum Gasteiger partial charge on any atom is -0.387 e. The van der Waals surface area contributed by atoms with Crippen molar-refractivity contribution in [1.29, 1.82) is 0 Å². The van der Waals surface area contributed by atoms with Crippen molar-refractivity contribution in [1.82, 2.24) is 0 Å². The van der Waals surface area contributed by atoms with Gasteiger partial charge in [0.25, 0.3) is 0 Å². The fourth-order valence-corrected chi connectivity index (χ4v) is 1.97. The summed E-state index contributed by atoms with van der Waals surface area (Å²) in [5, 5.41) is 10.2. The Balaban J connectivity index is 3.20. The van der Waals surface area contributed by atoms with Gasteiger partial charge in [-0.25, -0.2) is 0 Å². The van der Waals surface area contributed by atoms with Crippen molar-refractivity contribution in [2.75, 3.05) is 6.54 Å². The molecular formula is C9H11BrClNO. The lowest BCUT2D eigenvalue weighted by molar-refractivity contribution is 0.186. The van der Waals surface area contributed by atoms with Crippen LogP contribution in [0, 0.1) is 6.92 Å². The molecule has 1 atom stereocenters. The molecule has 1 aromatic carbocycles. The summed E-state index contributed by atoms with van der Waals surface area (Å²) in [4.78, 5) is 0. The third kappa shape index (κ3) is 2.44. The Kier molecular flexibility index (Phi) is 3.74. The van der Waals surface area contributed by atoms with E-state index in [0.717, 1.165) is 15.6 Å². The van der Waals surface area contributed by atoms with E-state index in [9.17, 15) is 5.11 Å². The highest BCUT2D eigenvalue weighted by atomic mass is 79.9. The zero-order valence-electron chi connectivity index (χ0n) is 7.22. The van der Waals surface area contributed by atoms with Gasteiger partial charge in [0.15, 0.2) is 0 Å². The van der Waals surface area contributed by atoms with E-state index in [0.29, 0.717) is 5.02 Å². The normalized spacial score (nSPS) is 13.0. The average Bonchev–Trinajstić information content (AvgIpc) is 2.10. The number of halogens is 2. The van der Waals surface area contributed by atoms with Gasteiger partial charge >= 0.3 is 0 Å². The molecule has 0 bridgehead atoms. The molecule has 0 aliphatic rings. The van der Waals surface area contributed by atoms with Crippen LogP contribution in [0.5, 0.6) is 0 Å². The molecule has 0 fully saturated rings. The number of benzene rings is 1. The first kappa shape index (κ1) is 11.0. The molecule has 0 aliphatic heterocycles. The molecule has 72 valence electrons. The van der Waals surface area contributed by atoms with Crippen LogP contribution >= 0.6 is 27.5 Å². The van der Waals surface area contributed by atoms with Crippen molar-refractivity contribution >= 4 is 27.5 Å². The van der Waals surface area contributed by atoms with E-state index in [2.05, 4.69) is 15.9 Å². The highest BCUT2D eigenvalue weighted by molar-refractivity contribution is 9.10. The molecule has 0 heterocycles. The molecule has 2 nitrogen and oxygen atoms in total. The highest BCUT2D eigenvalue weighted by Gasteiger charge is 2.11. The number of hydrogen-bond acceptors (Lipinski definition) is 2. The van der Waals surface area contributed by atoms with E-state index >= 15 is 0 Å². The van der Waals surface area contributed by atoms with Gasteiger partial charge in [0.2, 0.25) is 0 Å². The van der Waals surface area contributed by atoms with E-state index in [1.807, 2.05) is 13.0 Å². The first-order chi connectivity index (χ1) is 6.06. The summed E-state index contributed by atoms with van der Waals surface area (Å²) >= 11 is 9.25. The van der Waals surface area contributed by atoms with E-state index in [-0.39, 0.29) is 6.54 Å². The number of aliphatic hydroxyl groups is 1. The zero-order chi connectivity index (χ0) is 10.0. The van der Waals surface area contributed by atoms with Crippen molar-refractivity contribution < 1.29 is 5.11 Å². The van der Waals surface area contributed by atoms with Crippen LogP contribution in [-0.2, 0) is 0 Å². The van der Waals surface area contributed by atoms with Gasteiger partial charge < -0.3 is 10.8 Å². The maximum atomic E-state index is 9.55. The topological polar surface area (TPSA) is 46.2 Å². The number of hydrogen-bond donors (Lipinski definition) is 2. The Bertz CT molecular complexity index is 317. The maximum absolute atomic E-state index is 9.55. The average molecular weight is 265 g/mol. The fraction of sp³-hybridized carbons (Fsp3) is 0.333. The molecule has 0 aliphatic carbocycles. The molecule has 0 radical (unpaired) electrons. The van der Waals surface area contributed by atoms with Crippen LogP contribution in [0.3, 0.4) is 0 Å². The third-order valence-corrected chi connectivity index (χ3v) is 2.78. The molecule has 0 amide bonds. The third-order valence-electron chi connectivity index (χ3n) is 1.93. The number of nitrogens with two attached hydrogens (primary N) is 1. The molecule has 0 saturated heterocycles. The molecule has 0 spiro atoms. The lowest BCUT2D eigenvalue weighted by Crippen LogP contribution is -2.12. The van der Waals surface area contributed by atoms with Gasteiger partial charge in [-0.1, -0.05) is 27.5 Å². The predicted molar refractivity (Wildman–Crippen MR) is 57.9 cm³/mol. The number of rotatable bonds is 2. The van der Waals surface area contributed by atoms with Crippen molar-refractivity contribution in [3.05, 3.63) is 32.8 Å². The lowest BCUT2D eigenvalue weighted by atomic mass is 10.0. The minimum atomic E-state index is -0.644. The molecule has 13 heavy (non-hydrogen) atoms. The Morgan fingerprint density at radius 3 is 2.77 bits per heavy atom. The minimum absolute atomic E-state index is 0.202. The molecule has 0 aromatic heterocycles. The molecule has 0 saturated carbocycles. The first-order valence-electron chi connectivity index (χ1n) is 3.90. The van der Waals surface area contributed by atoms with Crippen molar-refractivity contribution in [3.8, 4) is 0 Å². The van der Waals surface area contributed by atoms with Crippen LogP contribution in [-0.4, -0.2) is 11.7 Å². The second-order valence-electron chi connectivity index (χ2n) is 2.85. The van der Waals surface area contributed by atoms with Crippen molar-refractivity contribution in [2.45, 2.75) is 13.0 Å². The van der Waals surface area contributed by atoms with Crippen LogP contribution in [0.1, 0.15) is 17.2 Å². The lowest BCUT2D eigenvalue weighted by Gasteiger charge is -2.13. The predicted octanol–water partition coefficient (Wildman–Crippen LogP) is 2.40. The van der Waals surface area contributed by atoms with Gasteiger partial charge in [0, 0.05) is 16.0 Å². The molecule has 4 heteroatoms. The highest BCUT2D eigenvalue weighted by Crippen LogP contribution is 2.28. The first-order valence-corrected chi connectivity index (χ1v) is 5.07. The van der Waals surface area contributed by atoms with Crippen LogP contribution in [0.2, 0.25) is 5.02 Å². The zero-order valence-corrected chi connectivity index (χ0v) is 9.56. The van der Waals surface area contributed by atoms with Gasteiger partial charge in [0.1, 0.15) is 0 Å². The summed E-state index contributed by atoms with van der Waals surface area (Å²) in [6.45, 7) is 2.07. The molecule has 1 unspecified atom stereocenters. The van der Waals surface area contributed by atoms with Gasteiger partial charge in [-0.2, -0.15) is 0 Å². The Morgan fingerprint density at radius 2 is 2.23 bits per heavy atom. The van der Waals surface area contributed by atoms with Gasteiger partial charge in [-0.05, 0) is 30.2 Å². The Hall–Kier alpha value is -0.0900. The summed E-state index contributed by atoms with van der Waals surface area (Å²) in [7, 11) is 0. The van der Waals surface area contributed by atoms with Crippen LogP contribution in [0.15, 0.2) is 16.6 Å². The second-order valence-corrected chi connectivity index (χ2v) is 4.18. The smallest absolute Gasteiger partial charge is 0.0915 e. The molecule has 1 rings (SSSR count).